The van der Waals surface area contributed by atoms with Crippen LogP contribution in [0, 0.1) is 0 Å². The van der Waals surface area contributed by atoms with Gasteiger partial charge >= 0.3 is 0 Å². The number of hydrogen-bond acceptors (Lipinski definition) is 3. The summed E-state index contributed by atoms with van der Waals surface area (Å²) < 4.78 is 31.2. The van der Waals surface area contributed by atoms with Crippen molar-refractivity contribution in [2.45, 2.75) is 23.9 Å². The molecule has 5 atom stereocenters. The first-order chi connectivity index (χ1) is 7.47. The maximum atomic E-state index is 13.7. The van der Waals surface area contributed by atoms with E-state index in [4.69, 9.17) is 21.9 Å². The van der Waals surface area contributed by atoms with Crippen LogP contribution in [-0.2, 0) is 19.1 Å². The predicted octanol–water partition coefficient (Wildman–Crippen LogP) is 0.642. The number of rotatable bonds is 5. The molecule has 0 aromatic rings. The Balaban J connectivity index is 2.54. The summed E-state index contributed by atoms with van der Waals surface area (Å²) in [7, 11) is 7.12. The fraction of sp³-hybridized carbons (Fsp3) is 1.00. The molecule has 87 valence electrons. The quantitative estimate of drug-likeness (QED) is 0.417. The largest absolute Gasteiger partial charge is 0.352 e. The lowest BCUT2D eigenvalue weighted by molar-refractivity contribution is 0.0316. The number of nitrogens with zero attached hydrogens (tertiary/aromatic N) is 1. The van der Waals surface area contributed by atoms with Crippen LogP contribution < -0.4 is 0 Å². The third-order valence-electron chi connectivity index (χ3n) is 2.22. The standard InChI is InChI=1S/C7H14BClFNO2PS/c1-11(2)6-4(3-12-15(8)14)13-7(9)5(6)10/h4-8,14H,3H2,1-2H3/t4-,5?,6+,7?,15?/m1/s1/i8T. The molecule has 0 aromatic heterocycles. The van der Waals surface area contributed by atoms with E-state index >= 15 is 0 Å². The van der Waals surface area contributed by atoms with E-state index in [2.05, 4.69) is 8.02 Å². The highest BCUT2D eigenvalue weighted by atomic mass is 35.5. The minimum atomic E-state index is -1.23. The van der Waals surface area contributed by atoms with Crippen molar-refractivity contribution in [3.63, 3.8) is 0 Å². The Hall–Kier alpha value is 0.815. The fourth-order valence-electron chi connectivity index (χ4n) is 1.58. The topological polar surface area (TPSA) is 21.7 Å². The minimum Gasteiger partial charge on any atom is -0.352 e. The van der Waals surface area contributed by atoms with Crippen molar-refractivity contribution in [2.75, 3.05) is 20.7 Å². The summed E-state index contributed by atoms with van der Waals surface area (Å²) in [6, 6.07) is -0.420. The average Bonchev–Trinajstić information content (AvgIpc) is 2.51. The summed E-state index contributed by atoms with van der Waals surface area (Å²) in [5.74, 6) is 0. The van der Waals surface area contributed by atoms with Gasteiger partial charge in [0.25, 0.3) is 0 Å². The Kier molecular flexibility index (Phi) is 4.86. The van der Waals surface area contributed by atoms with Crippen LogP contribution in [0.5, 0.6) is 0 Å². The van der Waals surface area contributed by atoms with E-state index in [1.54, 1.807) is 19.0 Å². The van der Waals surface area contributed by atoms with E-state index in [0.717, 1.165) is 7.09 Å². The minimum absolute atomic E-state index is 0.203. The molecule has 1 radical (unpaired) electrons. The third-order valence-corrected chi connectivity index (χ3v) is 3.31. The highest BCUT2D eigenvalue weighted by Crippen LogP contribution is 2.29. The Labute approximate surface area is 101 Å². The van der Waals surface area contributed by atoms with Gasteiger partial charge in [-0.1, -0.05) is 29.8 Å². The van der Waals surface area contributed by atoms with E-state index in [1.165, 1.54) is 0 Å². The van der Waals surface area contributed by atoms with Gasteiger partial charge in [-0.3, -0.25) is 0 Å². The molecule has 8 heteroatoms. The summed E-state index contributed by atoms with van der Waals surface area (Å²) in [6.07, 6.45) is -1.65. The third kappa shape index (κ3) is 3.65. The first-order valence-electron chi connectivity index (χ1n) is 4.94. The van der Waals surface area contributed by atoms with E-state index in [-0.39, 0.29) is 6.61 Å². The molecule has 1 saturated heterocycles. The molecule has 0 aliphatic carbocycles. The highest BCUT2D eigenvalue weighted by Gasteiger charge is 2.45. The number of hydrogen-bond donors (Lipinski definition) is 0. The van der Waals surface area contributed by atoms with Gasteiger partial charge in [0.1, 0.15) is 6.10 Å². The van der Waals surface area contributed by atoms with Gasteiger partial charge in [-0.25, -0.2) is 4.39 Å². The van der Waals surface area contributed by atoms with Gasteiger partial charge in [0, 0.05) is 0 Å². The first-order valence-corrected chi connectivity index (χ1v) is 7.24. The number of alkyl halides is 2. The van der Waals surface area contributed by atoms with Gasteiger partial charge in [0.05, 0.1) is 12.6 Å². The summed E-state index contributed by atoms with van der Waals surface area (Å²) in [5.41, 5.74) is -0.933. The molecule has 1 aliphatic heterocycles. The van der Waals surface area contributed by atoms with Crippen molar-refractivity contribution in [1.29, 1.82) is 1.34 Å². The van der Waals surface area contributed by atoms with Crippen LogP contribution >= 0.6 is 19.6 Å². The molecule has 1 fully saturated rings. The van der Waals surface area contributed by atoms with Gasteiger partial charge in [-0.2, -0.15) is 0 Å². The number of ether oxygens (including phenoxy) is 1. The molecule has 0 bridgehead atoms. The van der Waals surface area contributed by atoms with E-state index in [0.29, 0.717) is 0 Å². The van der Waals surface area contributed by atoms with Crippen LogP contribution in [0.4, 0.5) is 4.39 Å². The normalized spacial score (nSPS) is 39.1. The van der Waals surface area contributed by atoms with Gasteiger partial charge in [0.2, 0.25) is 7.09 Å². The maximum absolute atomic E-state index is 13.7. The van der Waals surface area contributed by atoms with Crippen molar-refractivity contribution in [3.8, 4) is 0 Å². The summed E-state index contributed by atoms with van der Waals surface area (Å²) in [6.45, 7) is 0.203. The molecule has 0 spiro atoms. The Bertz CT molecular complexity index is 269. The van der Waals surface area contributed by atoms with Crippen LogP contribution in [0.15, 0.2) is 0 Å². The van der Waals surface area contributed by atoms with Crippen molar-refractivity contribution in [3.05, 3.63) is 0 Å². The lowest BCUT2D eigenvalue weighted by Crippen LogP contribution is -2.43. The Morgan fingerprint density at radius 2 is 2.47 bits per heavy atom. The SMILES string of the molecule is [3H][B]S(=P)OC[C@H]1OC(Cl)C(F)[C@H]1N(C)C. The molecule has 3 unspecified atom stereocenters. The van der Waals surface area contributed by atoms with Gasteiger partial charge in [0.15, 0.2) is 11.7 Å². The monoisotopic (exact) mass is 274 g/mol. The lowest BCUT2D eigenvalue weighted by atomic mass is 10.1. The maximum Gasteiger partial charge on any atom is 0.205 e. The zero-order chi connectivity index (χ0) is 12.3. The molecule has 1 rings (SSSR count). The second kappa shape index (κ2) is 5.94. The second-order valence-corrected chi connectivity index (χ2v) is 5.97. The van der Waals surface area contributed by atoms with E-state index in [9.17, 15) is 4.39 Å². The van der Waals surface area contributed by atoms with Crippen LogP contribution in [0.1, 0.15) is 0 Å². The van der Waals surface area contributed by atoms with Crippen molar-refractivity contribution >= 4 is 36.9 Å². The zero-order valence-electron chi connectivity index (χ0n) is 9.52. The molecular weight excluding hydrogens is 258 g/mol. The van der Waals surface area contributed by atoms with Crippen LogP contribution in [-0.4, -0.2) is 57.9 Å². The first kappa shape index (κ1) is 12.3. The summed E-state index contributed by atoms with van der Waals surface area (Å²) in [5, 5.41) is 0. The molecule has 3 nitrogen and oxygen atoms in total. The fourth-order valence-corrected chi connectivity index (χ4v) is 2.34. The second-order valence-electron chi connectivity index (χ2n) is 3.51. The average molecular weight is 275 g/mol. The number of halogens is 2. The van der Waals surface area contributed by atoms with Crippen molar-refractivity contribution in [1.82, 2.24) is 4.90 Å². The van der Waals surface area contributed by atoms with Gasteiger partial charge in [-0.05, 0) is 15.4 Å². The molecule has 1 aliphatic rings. The summed E-state index contributed by atoms with van der Waals surface area (Å²) >= 11 is 5.71. The predicted molar refractivity (Wildman–Crippen MR) is 65.7 cm³/mol. The smallest absolute Gasteiger partial charge is 0.205 e. The Morgan fingerprint density at radius 3 is 3.00 bits per heavy atom. The van der Waals surface area contributed by atoms with Crippen molar-refractivity contribution < 1.29 is 13.3 Å². The van der Waals surface area contributed by atoms with E-state index < -0.39 is 34.1 Å². The van der Waals surface area contributed by atoms with Gasteiger partial charge in [-0.15, -0.1) is 0 Å². The van der Waals surface area contributed by atoms with Crippen LogP contribution in [0.3, 0.4) is 0 Å². The molecule has 0 saturated carbocycles. The molecule has 1 heterocycles. The lowest BCUT2D eigenvalue weighted by Gasteiger charge is -2.25. The van der Waals surface area contributed by atoms with E-state index in [1.807, 2.05) is 0 Å². The van der Waals surface area contributed by atoms with Crippen molar-refractivity contribution in [2.24, 2.45) is 0 Å². The highest BCUT2D eigenvalue weighted by molar-refractivity contribution is 8.27. The summed E-state index contributed by atoms with van der Waals surface area (Å²) in [4.78, 5) is 1.73. The number of likely N-dealkylation sites (N-methyl/N-ethyl adjacent to an activating group) is 1. The Morgan fingerprint density at radius 1 is 1.80 bits per heavy atom. The molecule has 0 aromatic carbocycles. The zero-order valence-corrected chi connectivity index (χ0v) is 11.1. The molecule has 15 heavy (non-hydrogen) atoms. The van der Waals surface area contributed by atoms with Crippen LogP contribution in [0.25, 0.3) is 0 Å². The van der Waals surface area contributed by atoms with Crippen LogP contribution in [0.2, 0.25) is 0 Å². The molecule has 0 N–H and O–H groups in total. The van der Waals surface area contributed by atoms with Gasteiger partial charge < -0.3 is 13.8 Å². The molecular formula is C7H14BClFNO2PS. The molecule has 0 amide bonds.